The van der Waals surface area contributed by atoms with Crippen LogP contribution in [-0.2, 0) is 25.9 Å². The maximum atomic E-state index is 9.66. The van der Waals surface area contributed by atoms with Crippen LogP contribution in [-0.4, -0.2) is 23.1 Å². The molecule has 2 aliphatic heterocycles. The molecule has 0 spiro atoms. The van der Waals surface area contributed by atoms with Crippen molar-refractivity contribution in [1.29, 1.82) is 0 Å². The number of fused-ring (bicyclic) bond motifs is 2. The van der Waals surface area contributed by atoms with Crippen LogP contribution in [0.4, 0.5) is 5.69 Å². The zero-order valence-corrected chi connectivity index (χ0v) is 13.3. The van der Waals surface area contributed by atoms with E-state index in [0.29, 0.717) is 5.75 Å². The molecule has 0 saturated carbocycles. The van der Waals surface area contributed by atoms with Gasteiger partial charge < -0.3 is 10.4 Å². The van der Waals surface area contributed by atoms with Gasteiger partial charge >= 0.3 is 0 Å². The molecule has 2 N–H and O–H groups in total. The van der Waals surface area contributed by atoms with Gasteiger partial charge in [0, 0.05) is 31.9 Å². The second-order valence-electron chi connectivity index (χ2n) is 6.04. The zero-order chi connectivity index (χ0) is 14.2. The van der Waals surface area contributed by atoms with Crippen molar-refractivity contribution < 1.29 is 5.11 Å². The van der Waals surface area contributed by atoms with E-state index in [9.17, 15) is 5.11 Å². The minimum atomic E-state index is 0. The Morgan fingerprint density at radius 3 is 2.86 bits per heavy atom. The third kappa shape index (κ3) is 2.79. The van der Waals surface area contributed by atoms with Crippen molar-refractivity contribution in [3.63, 3.8) is 0 Å². The van der Waals surface area contributed by atoms with Crippen molar-refractivity contribution >= 4 is 18.1 Å². The Balaban J connectivity index is 0.00000144. The van der Waals surface area contributed by atoms with Crippen molar-refractivity contribution in [2.45, 2.75) is 25.9 Å². The number of aromatic hydroxyl groups is 1. The zero-order valence-electron chi connectivity index (χ0n) is 12.5. The summed E-state index contributed by atoms with van der Waals surface area (Å²) in [5.74, 6) is 0.373. The van der Waals surface area contributed by atoms with Crippen molar-refractivity contribution in [3.8, 4) is 5.75 Å². The number of halogens is 1. The van der Waals surface area contributed by atoms with E-state index in [1.807, 2.05) is 6.07 Å². The van der Waals surface area contributed by atoms with Gasteiger partial charge in [0.15, 0.2) is 0 Å². The monoisotopic (exact) mass is 316 g/mol. The van der Waals surface area contributed by atoms with Gasteiger partial charge in [0.1, 0.15) is 5.75 Å². The lowest BCUT2D eigenvalue weighted by Crippen LogP contribution is -2.30. The molecular weight excluding hydrogens is 296 g/mol. The number of rotatable bonds is 2. The largest absolute Gasteiger partial charge is 0.508 e. The number of nitrogens with zero attached hydrogens (tertiary/aromatic N) is 1. The van der Waals surface area contributed by atoms with E-state index in [2.05, 4.69) is 34.5 Å². The molecular formula is C18H21ClN2O. The van der Waals surface area contributed by atoms with Crippen LogP contribution in [0.1, 0.15) is 22.3 Å². The summed E-state index contributed by atoms with van der Waals surface area (Å²) in [5, 5.41) is 13.2. The highest BCUT2D eigenvalue weighted by Crippen LogP contribution is 2.29. The Labute approximate surface area is 137 Å². The highest BCUT2D eigenvalue weighted by molar-refractivity contribution is 5.85. The minimum Gasteiger partial charge on any atom is -0.508 e. The molecule has 0 unspecified atom stereocenters. The standard InChI is InChI=1S/C18H20N2O.ClH/c21-17-5-4-13-7-9-20(12-16(13)10-17)11-15-3-1-2-14-6-8-19-18(14)15;/h1-5,10,19,21H,6-9,11-12H2;1H. The average Bonchev–Trinajstić information content (AvgIpc) is 2.96. The summed E-state index contributed by atoms with van der Waals surface area (Å²) in [5.41, 5.74) is 6.83. The van der Waals surface area contributed by atoms with E-state index in [1.54, 1.807) is 6.07 Å². The lowest BCUT2D eigenvalue weighted by Gasteiger charge is -2.29. The second-order valence-corrected chi connectivity index (χ2v) is 6.04. The average molecular weight is 317 g/mol. The predicted octanol–water partition coefficient (Wildman–Crippen LogP) is 3.34. The van der Waals surface area contributed by atoms with E-state index < -0.39 is 0 Å². The smallest absolute Gasteiger partial charge is 0.115 e. The molecule has 2 aromatic rings. The number of benzene rings is 2. The Bertz CT molecular complexity index is 687. The van der Waals surface area contributed by atoms with E-state index >= 15 is 0 Å². The van der Waals surface area contributed by atoms with Gasteiger partial charge in [0.2, 0.25) is 0 Å². The molecule has 0 atom stereocenters. The van der Waals surface area contributed by atoms with Gasteiger partial charge in [-0.2, -0.15) is 0 Å². The third-order valence-electron chi connectivity index (χ3n) is 4.61. The van der Waals surface area contributed by atoms with E-state index in [0.717, 1.165) is 39.0 Å². The third-order valence-corrected chi connectivity index (χ3v) is 4.61. The van der Waals surface area contributed by atoms with Crippen molar-refractivity contribution in [3.05, 3.63) is 58.7 Å². The quantitative estimate of drug-likeness (QED) is 0.892. The van der Waals surface area contributed by atoms with Gasteiger partial charge in [-0.05, 0) is 47.2 Å². The first-order valence-electron chi connectivity index (χ1n) is 7.67. The molecule has 0 fully saturated rings. The molecule has 2 heterocycles. The molecule has 2 aliphatic rings. The fourth-order valence-electron chi connectivity index (χ4n) is 3.52. The fraction of sp³-hybridized carbons (Fsp3) is 0.333. The highest BCUT2D eigenvalue weighted by Gasteiger charge is 2.19. The van der Waals surface area contributed by atoms with E-state index in [4.69, 9.17) is 0 Å². The Morgan fingerprint density at radius 1 is 1.05 bits per heavy atom. The van der Waals surface area contributed by atoms with Gasteiger partial charge in [0.25, 0.3) is 0 Å². The normalized spacial score (nSPS) is 16.4. The van der Waals surface area contributed by atoms with Gasteiger partial charge in [-0.15, -0.1) is 12.4 Å². The summed E-state index contributed by atoms with van der Waals surface area (Å²) in [7, 11) is 0. The number of hydrogen-bond acceptors (Lipinski definition) is 3. The molecule has 0 aliphatic carbocycles. The highest BCUT2D eigenvalue weighted by atomic mass is 35.5. The number of hydrogen-bond donors (Lipinski definition) is 2. The molecule has 0 bridgehead atoms. The maximum Gasteiger partial charge on any atom is 0.115 e. The van der Waals surface area contributed by atoms with E-state index in [1.165, 1.54) is 27.9 Å². The summed E-state index contributed by atoms with van der Waals surface area (Å²) in [6.07, 6.45) is 2.21. The maximum absolute atomic E-state index is 9.66. The topological polar surface area (TPSA) is 35.5 Å². The molecule has 0 radical (unpaired) electrons. The van der Waals surface area contributed by atoms with Crippen molar-refractivity contribution in [2.75, 3.05) is 18.4 Å². The van der Waals surface area contributed by atoms with Gasteiger partial charge in [0.05, 0.1) is 0 Å². The number of anilines is 1. The molecule has 0 amide bonds. The Morgan fingerprint density at radius 2 is 1.95 bits per heavy atom. The minimum absolute atomic E-state index is 0. The van der Waals surface area contributed by atoms with Crippen LogP contribution in [0.2, 0.25) is 0 Å². The molecule has 4 heteroatoms. The fourth-order valence-corrected chi connectivity index (χ4v) is 3.52. The molecule has 3 nitrogen and oxygen atoms in total. The summed E-state index contributed by atoms with van der Waals surface area (Å²) in [6.45, 7) is 4.04. The lowest BCUT2D eigenvalue weighted by atomic mass is 9.98. The van der Waals surface area contributed by atoms with Crippen LogP contribution < -0.4 is 5.32 Å². The van der Waals surface area contributed by atoms with Crippen molar-refractivity contribution in [2.24, 2.45) is 0 Å². The van der Waals surface area contributed by atoms with E-state index in [-0.39, 0.29) is 12.4 Å². The summed E-state index contributed by atoms with van der Waals surface area (Å²) in [6, 6.07) is 12.4. The number of phenolic OH excluding ortho intramolecular Hbond substituents is 1. The van der Waals surface area contributed by atoms with Crippen LogP contribution >= 0.6 is 12.4 Å². The van der Waals surface area contributed by atoms with Gasteiger partial charge in [-0.1, -0.05) is 24.3 Å². The van der Waals surface area contributed by atoms with Crippen LogP contribution in [0.25, 0.3) is 0 Å². The molecule has 2 aromatic carbocycles. The van der Waals surface area contributed by atoms with Gasteiger partial charge in [-0.3, -0.25) is 4.90 Å². The Hall–Kier alpha value is -1.71. The Kier molecular flexibility index (Phi) is 4.27. The number of phenols is 1. The number of para-hydroxylation sites is 1. The van der Waals surface area contributed by atoms with Crippen LogP contribution in [0.3, 0.4) is 0 Å². The summed E-state index contributed by atoms with van der Waals surface area (Å²) < 4.78 is 0. The summed E-state index contributed by atoms with van der Waals surface area (Å²) in [4.78, 5) is 2.47. The molecule has 22 heavy (non-hydrogen) atoms. The SMILES string of the molecule is Cl.Oc1ccc2c(c1)CN(Cc1cccc3c1NCC3)CC2. The summed E-state index contributed by atoms with van der Waals surface area (Å²) >= 11 is 0. The number of nitrogens with one attached hydrogen (secondary N) is 1. The second kappa shape index (κ2) is 6.19. The first-order chi connectivity index (χ1) is 10.3. The molecule has 4 rings (SSSR count). The van der Waals surface area contributed by atoms with Crippen LogP contribution in [0, 0.1) is 0 Å². The van der Waals surface area contributed by atoms with Crippen molar-refractivity contribution in [1.82, 2.24) is 4.90 Å². The molecule has 0 aromatic heterocycles. The first kappa shape index (κ1) is 15.2. The van der Waals surface area contributed by atoms with Crippen LogP contribution in [0.5, 0.6) is 5.75 Å². The predicted molar refractivity (Wildman–Crippen MR) is 91.8 cm³/mol. The van der Waals surface area contributed by atoms with Gasteiger partial charge in [-0.25, -0.2) is 0 Å². The lowest BCUT2D eigenvalue weighted by molar-refractivity contribution is 0.245. The molecule has 0 saturated heterocycles. The first-order valence-corrected chi connectivity index (χ1v) is 7.67. The molecule has 116 valence electrons. The van der Waals surface area contributed by atoms with Crippen LogP contribution in [0.15, 0.2) is 36.4 Å².